The van der Waals surface area contributed by atoms with Crippen molar-refractivity contribution in [1.29, 1.82) is 0 Å². The van der Waals surface area contributed by atoms with Gasteiger partial charge in [0.25, 0.3) is 0 Å². The molecule has 1 heterocycles. The summed E-state index contributed by atoms with van der Waals surface area (Å²) in [5.41, 5.74) is 0.818. The summed E-state index contributed by atoms with van der Waals surface area (Å²) in [7, 11) is -3.37. The number of halogens is 1. The van der Waals surface area contributed by atoms with E-state index in [2.05, 4.69) is 4.98 Å². The van der Waals surface area contributed by atoms with E-state index in [9.17, 15) is 4.57 Å². The number of rotatable bonds is 4. The highest BCUT2D eigenvalue weighted by molar-refractivity contribution is 7.79. The summed E-state index contributed by atoms with van der Waals surface area (Å²) in [6.07, 6.45) is 0. The minimum atomic E-state index is -3.37. The van der Waals surface area contributed by atoms with Gasteiger partial charge in [-0.25, -0.2) is 4.98 Å². The van der Waals surface area contributed by atoms with E-state index in [1.807, 2.05) is 54.6 Å². The Morgan fingerprint density at radius 3 is 2.28 bits per heavy atom. The Morgan fingerprint density at radius 1 is 0.880 bits per heavy atom. The van der Waals surface area contributed by atoms with Crippen LogP contribution in [0.4, 0.5) is 0 Å². The summed E-state index contributed by atoms with van der Waals surface area (Å²) in [5, 5.41) is 1.21. The van der Waals surface area contributed by atoms with Gasteiger partial charge in [-0.1, -0.05) is 41.9 Å². The lowest BCUT2D eigenvalue weighted by molar-refractivity contribution is 0.502. The van der Waals surface area contributed by atoms with Gasteiger partial charge in [-0.05, 0) is 48.5 Å². The molecule has 0 amide bonds. The fourth-order valence-electron chi connectivity index (χ4n) is 2.46. The second kappa shape index (κ2) is 6.64. The smallest absolute Gasteiger partial charge is 0.334 e. The predicted octanol–water partition coefficient (Wildman–Crippen LogP) is 5.26. The summed E-state index contributed by atoms with van der Waals surface area (Å²) in [6.45, 7) is 0. The lowest BCUT2D eigenvalue weighted by atomic mass is 10.3. The van der Waals surface area contributed by atoms with Crippen molar-refractivity contribution in [3.63, 3.8) is 0 Å². The van der Waals surface area contributed by atoms with Crippen LogP contribution in [0.25, 0.3) is 10.2 Å². The van der Waals surface area contributed by atoms with Crippen LogP contribution >= 0.6 is 30.3 Å². The number of benzene rings is 3. The lowest BCUT2D eigenvalue weighted by Crippen LogP contribution is -2.19. The molecule has 0 aliphatic carbocycles. The van der Waals surface area contributed by atoms with E-state index >= 15 is 0 Å². The van der Waals surface area contributed by atoms with E-state index in [-0.39, 0.29) is 0 Å². The summed E-state index contributed by atoms with van der Waals surface area (Å²) < 4.78 is 21.4. The molecule has 25 heavy (non-hydrogen) atoms. The molecule has 124 valence electrons. The van der Waals surface area contributed by atoms with Gasteiger partial charge in [0.2, 0.25) is 0 Å². The van der Waals surface area contributed by atoms with Crippen LogP contribution in [0.3, 0.4) is 0 Å². The Labute approximate surface area is 154 Å². The third-order valence-corrected chi connectivity index (χ3v) is 7.81. The standard InChI is InChI=1S/C19H13ClNO2PS/c20-14-10-12-15(13-11-14)23-24(22,16-6-2-1-3-7-16)19-21-17-8-4-5-9-18(17)25-19/h1-13H. The van der Waals surface area contributed by atoms with Crippen molar-refractivity contribution in [2.24, 2.45) is 0 Å². The number of thiazole rings is 1. The molecular weight excluding hydrogens is 373 g/mol. The maximum Gasteiger partial charge on any atom is 0.334 e. The van der Waals surface area contributed by atoms with Crippen LogP contribution in [0.1, 0.15) is 0 Å². The predicted molar refractivity (Wildman–Crippen MR) is 105 cm³/mol. The van der Waals surface area contributed by atoms with Gasteiger partial charge in [-0.15, -0.1) is 11.3 Å². The van der Waals surface area contributed by atoms with E-state index in [0.717, 1.165) is 10.2 Å². The van der Waals surface area contributed by atoms with Crippen molar-refractivity contribution in [2.45, 2.75) is 0 Å². The number of para-hydroxylation sites is 1. The zero-order chi connectivity index (χ0) is 17.3. The molecule has 0 N–H and O–H groups in total. The molecular formula is C19H13ClNO2PS. The van der Waals surface area contributed by atoms with E-state index in [1.54, 1.807) is 24.3 Å². The average molecular weight is 386 g/mol. The first-order valence-corrected chi connectivity index (χ1v) is 10.4. The van der Waals surface area contributed by atoms with E-state index < -0.39 is 7.37 Å². The molecule has 0 saturated heterocycles. The number of hydrogen-bond acceptors (Lipinski definition) is 4. The minimum absolute atomic E-state index is 0.481. The second-order valence-corrected chi connectivity index (χ2v) is 9.39. The molecule has 1 aromatic heterocycles. The molecule has 1 atom stereocenters. The number of fused-ring (bicyclic) bond motifs is 1. The van der Waals surface area contributed by atoms with Crippen LogP contribution in [0.2, 0.25) is 5.02 Å². The van der Waals surface area contributed by atoms with Crippen LogP contribution in [0, 0.1) is 0 Å². The SMILES string of the molecule is O=P(Oc1ccc(Cl)cc1)(c1ccccc1)c1nc2ccccc2s1. The Kier molecular flexibility index (Phi) is 4.34. The zero-order valence-electron chi connectivity index (χ0n) is 13.0. The highest BCUT2D eigenvalue weighted by Gasteiger charge is 2.34. The fraction of sp³-hybridized carbons (Fsp3) is 0. The summed E-state index contributed by atoms with van der Waals surface area (Å²) in [4.78, 5) is 4.58. The van der Waals surface area contributed by atoms with Crippen molar-refractivity contribution >= 4 is 50.6 Å². The fourth-order valence-corrected chi connectivity index (χ4v) is 6.12. The van der Waals surface area contributed by atoms with Gasteiger partial charge in [0.05, 0.1) is 15.5 Å². The van der Waals surface area contributed by atoms with Gasteiger partial charge in [-0.3, -0.25) is 4.57 Å². The monoisotopic (exact) mass is 385 g/mol. The highest BCUT2D eigenvalue weighted by Crippen LogP contribution is 2.46. The van der Waals surface area contributed by atoms with E-state index in [4.69, 9.17) is 16.1 Å². The first kappa shape index (κ1) is 16.3. The van der Waals surface area contributed by atoms with E-state index in [0.29, 0.717) is 20.8 Å². The Bertz CT molecular complexity index is 1030. The topological polar surface area (TPSA) is 39.2 Å². The third kappa shape index (κ3) is 3.21. The average Bonchev–Trinajstić information content (AvgIpc) is 3.09. The maximum atomic E-state index is 13.9. The van der Waals surface area contributed by atoms with Crippen molar-refractivity contribution in [3.8, 4) is 5.75 Å². The van der Waals surface area contributed by atoms with Gasteiger partial charge in [0.1, 0.15) is 5.75 Å². The molecule has 0 fully saturated rings. The minimum Gasteiger partial charge on any atom is -0.435 e. The number of hydrogen-bond donors (Lipinski definition) is 0. The maximum absolute atomic E-state index is 13.9. The lowest BCUT2D eigenvalue weighted by Gasteiger charge is -2.17. The summed E-state index contributed by atoms with van der Waals surface area (Å²) >= 11 is 7.33. The Balaban J connectivity index is 1.86. The first-order chi connectivity index (χ1) is 12.1. The molecule has 6 heteroatoms. The molecule has 4 aromatic rings. The van der Waals surface area contributed by atoms with Crippen molar-refractivity contribution < 1.29 is 9.09 Å². The van der Waals surface area contributed by atoms with Crippen LogP contribution < -0.4 is 14.6 Å². The van der Waals surface area contributed by atoms with Crippen molar-refractivity contribution in [3.05, 3.63) is 83.9 Å². The Morgan fingerprint density at radius 2 is 1.56 bits per heavy atom. The van der Waals surface area contributed by atoms with Crippen molar-refractivity contribution in [2.75, 3.05) is 0 Å². The molecule has 3 nitrogen and oxygen atoms in total. The van der Waals surface area contributed by atoms with Crippen LogP contribution in [0.15, 0.2) is 78.9 Å². The molecule has 0 radical (unpaired) electrons. The van der Waals surface area contributed by atoms with Crippen LogP contribution in [-0.2, 0) is 4.57 Å². The zero-order valence-corrected chi connectivity index (χ0v) is 15.5. The third-order valence-electron chi connectivity index (χ3n) is 3.68. The molecule has 1 unspecified atom stereocenters. The van der Waals surface area contributed by atoms with Gasteiger partial charge < -0.3 is 4.52 Å². The van der Waals surface area contributed by atoms with Gasteiger partial charge >= 0.3 is 7.37 Å². The molecule has 0 saturated carbocycles. The van der Waals surface area contributed by atoms with Gasteiger partial charge in [-0.2, -0.15) is 0 Å². The summed E-state index contributed by atoms with van der Waals surface area (Å²) in [5.74, 6) is 0.496. The largest absolute Gasteiger partial charge is 0.435 e. The molecule has 0 bridgehead atoms. The molecule has 4 rings (SSSR count). The quantitative estimate of drug-likeness (QED) is 0.450. The number of aromatic nitrogens is 1. The first-order valence-electron chi connectivity index (χ1n) is 7.62. The van der Waals surface area contributed by atoms with Crippen LogP contribution in [0.5, 0.6) is 5.75 Å². The Hall–Kier alpha value is -2.13. The van der Waals surface area contributed by atoms with Gasteiger partial charge in [0, 0.05) is 5.02 Å². The molecule has 0 aliphatic rings. The summed E-state index contributed by atoms with van der Waals surface area (Å²) in [6, 6.07) is 23.8. The van der Waals surface area contributed by atoms with Crippen LogP contribution in [-0.4, -0.2) is 4.98 Å². The normalized spacial score (nSPS) is 13.5. The molecule has 0 spiro atoms. The molecule has 3 aromatic carbocycles. The number of nitrogens with zero attached hydrogens (tertiary/aromatic N) is 1. The second-order valence-electron chi connectivity index (χ2n) is 5.40. The van der Waals surface area contributed by atoms with Gasteiger partial charge in [0.15, 0.2) is 4.75 Å². The highest BCUT2D eigenvalue weighted by atomic mass is 35.5. The molecule has 0 aliphatic heterocycles. The van der Waals surface area contributed by atoms with E-state index in [1.165, 1.54) is 11.3 Å². The van der Waals surface area contributed by atoms with Crippen molar-refractivity contribution in [1.82, 2.24) is 4.98 Å².